The van der Waals surface area contributed by atoms with Gasteiger partial charge in [0.25, 0.3) is 0 Å². The first-order valence-corrected chi connectivity index (χ1v) is 5.03. The maximum absolute atomic E-state index is 10.4. The Morgan fingerprint density at radius 1 is 1.45 bits per heavy atom. The lowest BCUT2D eigenvalue weighted by Crippen LogP contribution is -1.96. The number of nitrogens with zero attached hydrogens (tertiary/aromatic N) is 1. The maximum atomic E-state index is 10.4. The highest BCUT2D eigenvalue weighted by Gasteiger charge is 2.08. The summed E-state index contributed by atoms with van der Waals surface area (Å²) in [5, 5.41) is 0. The lowest BCUT2D eigenvalue weighted by atomic mass is 10.4. The van der Waals surface area contributed by atoms with Gasteiger partial charge in [0.1, 0.15) is 0 Å². The summed E-state index contributed by atoms with van der Waals surface area (Å²) >= 11 is 0.910. The van der Waals surface area contributed by atoms with Gasteiger partial charge in [-0.25, -0.2) is 13.4 Å². The topological polar surface area (TPSA) is 70.1 Å². The summed E-state index contributed by atoms with van der Waals surface area (Å²) in [6.45, 7) is 3.39. The van der Waals surface area contributed by atoms with Crippen LogP contribution >= 0.6 is 11.3 Å². The van der Waals surface area contributed by atoms with E-state index in [4.69, 9.17) is 0 Å². The third kappa shape index (κ3) is 1.76. The molecule has 11 heavy (non-hydrogen) atoms. The van der Waals surface area contributed by atoms with Crippen LogP contribution in [0.1, 0.15) is 10.6 Å². The number of aryl methyl sites for hydroxylation is 2. The zero-order valence-corrected chi connectivity index (χ0v) is 7.62. The first kappa shape index (κ1) is 8.63. The monoisotopic (exact) mass is 192 g/mol. The summed E-state index contributed by atoms with van der Waals surface area (Å²) in [6.07, 6.45) is 0. The zero-order chi connectivity index (χ0) is 8.65. The van der Waals surface area contributed by atoms with Crippen LogP contribution in [0, 0.1) is 13.8 Å². The SMILES string of the molecule is Cc1nc(S(=O)(=O)[O-])sc1C. The van der Waals surface area contributed by atoms with E-state index >= 15 is 0 Å². The molecule has 6 heteroatoms. The molecule has 1 aromatic heterocycles. The molecule has 0 atom stereocenters. The van der Waals surface area contributed by atoms with Gasteiger partial charge in [0.2, 0.25) is 0 Å². The van der Waals surface area contributed by atoms with Gasteiger partial charge in [-0.05, 0) is 13.8 Å². The minimum absolute atomic E-state index is 0.340. The van der Waals surface area contributed by atoms with Crippen LogP contribution in [0.4, 0.5) is 0 Å². The average Bonchev–Trinajstić information content (AvgIpc) is 2.11. The predicted octanol–water partition coefficient (Wildman–Crippen LogP) is 0.664. The molecule has 1 rings (SSSR count). The molecule has 0 saturated heterocycles. The van der Waals surface area contributed by atoms with Crippen LogP contribution in [0.2, 0.25) is 0 Å². The van der Waals surface area contributed by atoms with E-state index in [9.17, 15) is 13.0 Å². The van der Waals surface area contributed by atoms with Gasteiger partial charge in [-0.1, -0.05) is 0 Å². The molecule has 0 fully saturated rings. The van der Waals surface area contributed by atoms with E-state index in [0.717, 1.165) is 16.2 Å². The highest BCUT2D eigenvalue weighted by molar-refractivity contribution is 7.87. The summed E-state index contributed by atoms with van der Waals surface area (Å²) in [5.41, 5.74) is 0.601. The van der Waals surface area contributed by atoms with Crippen LogP contribution in [0.5, 0.6) is 0 Å². The van der Waals surface area contributed by atoms with Gasteiger partial charge in [0.15, 0.2) is 14.5 Å². The zero-order valence-electron chi connectivity index (χ0n) is 5.99. The molecule has 0 unspecified atom stereocenters. The van der Waals surface area contributed by atoms with Crippen molar-refractivity contribution in [3.05, 3.63) is 10.6 Å². The van der Waals surface area contributed by atoms with Crippen molar-refractivity contribution in [2.24, 2.45) is 0 Å². The molecule has 0 aliphatic heterocycles. The van der Waals surface area contributed by atoms with Crippen LogP contribution in [0.3, 0.4) is 0 Å². The molecule has 0 radical (unpaired) electrons. The van der Waals surface area contributed by atoms with E-state index in [1.807, 2.05) is 0 Å². The molecule has 62 valence electrons. The second-order valence-electron chi connectivity index (χ2n) is 2.08. The van der Waals surface area contributed by atoms with E-state index in [0.29, 0.717) is 5.69 Å². The van der Waals surface area contributed by atoms with Crippen molar-refractivity contribution in [1.82, 2.24) is 4.98 Å². The molecule has 1 aromatic rings. The van der Waals surface area contributed by atoms with Crippen LogP contribution in [-0.4, -0.2) is 18.0 Å². The fourth-order valence-corrected chi connectivity index (χ4v) is 2.22. The number of thiazole rings is 1. The summed E-state index contributed by atoms with van der Waals surface area (Å²) in [5.74, 6) is 0. The summed E-state index contributed by atoms with van der Waals surface area (Å²) < 4.78 is 30.8. The van der Waals surface area contributed by atoms with Crippen molar-refractivity contribution >= 4 is 21.5 Å². The fourth-order valence-electron chi connectivity index (χ4n) is 0.550. The van der Waals surface area contributed by atoms with Crippen LogP contribution < -0.4 is 0 Å². The largest absolute Gasteiger partial charge is 0.742 e. The van der Waals surface area contributed by atoms with Crippen molar-refractivity contribution in [3.8, 4) is 0 Å². The van der Waals surface area contributed by atoms with E-state index in [2.05, 4.69) is 4.98 Å². The fraction of sp³-hybridized carbons (Fsp3) is 0.400. The Labute approximate surface area is 68.6 Å². The Morgan fingerprint density at radius 3 is 2.18 bits per heavy atom. The second-order valence-corrected chi connectivity index (χ2v) is 4.83. The average molecular weight is 192 g/mol. The molecule has 0 aliphatic rings. The smallest absolute Gasteiger partial charge is 0.196 e. The number of aromatic nitrogens is 1. The molecule has 0 saturated carbocycles. The third-order valence-corrected chi connectivity index (χ3v) is 3.47. The summed E-state index contributed by atoms with van der Waals surface area (Å²) in [4.78, 5) is 4.36. The van der Waals surface area contributed by atoms with Crippen molar-refractivity contribution in [2.45, 2.75) is 18.2 Å². The lowest BCUT2D eigenvalue weighted by molar-refractivity contribution is 0.462. The number of hydrogen-bond acceptors (Lipinski definition) is 5. The van der Waals surface area contributed by atoms with Gasteiger partial charge in [-0.15, -0.1) is 11.3 Å². The number of hydrogen-bond donors (Lipinski definition) is 0. The van der Waals surface area contributed by atoms with Gasteiger partial charge < -0.3 is 4.55 Å². The minimum Gasteiger partial charge on any atom is -0.742 e. The van der Waals surface area contributed by atoms with Crippen LogP contribution in [0.25, 0.3) is 0 Å². The quantitative estimate of drug-likeness (QED) is 0.613. The Morgan fingerprint density at radius 2 is 2.00 bits per heavy atom. The van der Waals surface area contributed by atoms with Crippen molar-refractivity contribution < 1.29 is 13.0 Å². The molecule has 1 heterocycles. The molecule has 0 aromatic carbocycles. The highest BCUT2D eigenvalue weighted by atomic mass is 32.3. The van der Waals surface area contributed by atoms with Crippen LogP contribution in [-0.2, 0) is 10.1 Å². The number of rotatable bonds is 1. The lowest BCUT2D eigenvalue weighted by Gasteiger charge is -1.99. The van der Waals surface area contributed by atoms with Gasteiger partial charge in [-0.2, -0.15) is 0 Å². The summed E-state index contributed by atoms with van der Waals surface area (Å²) in [7, 11) is -4.35. The Kier molecular flexibility index (Phi) is 2.00. The predicted molar refractivity (Wildman–Crippen MR) is 39.6 cm³/mol. The molecular weight excluding hydrogens is 186 g/mol. The maximum Gasteiger partial charge on any atom is 0.196 e. The van der Waals surface area contributed by atoms with E-state index in [1.165, 1.54) is 0 Å². The van der Waals surface area contributed by atoms with Crippen LogP contribution in [0.15, 0.2) is 4.34 Å². The highest BCUT2D eigenvalue weighted by Crippen LogP contribution is 2.19. The van der Waals surface area contributed by atoms with Gasteiger partial charge >= 0.3 is 0 Å². The minimum atomic E-state index is -4.35. The molecule has 0 amide bonds. The van der Waals surface area contributed by atoms with E-state index in [1.54, 1.807) is 13.8 Å². The standard InChI is InChI=1S/C5H7NO3S2/c1-3-4(2)10-5(6-3)11(7,8)9/h1-2H3,(H,7,8,9)/p-1. The second kappa shape index (κ2) is 2.54. The Balaban J connectivity index is 3.29. The van der Waals surface area contributed by atoms with Gasteiger partial charge in [0, 0.05) is 4.88 Å². The molecule has 0 aliphatic carbocycles. The van der Waals surface area contributed by atoms with Gasteiger partial charge in [0.05, 0.1) is 5.69 Å². The normalized spacial score (nSPS) is 11.9. The van der Waals surface area contributed by atoms with Crippen molar-refractivity contribution in [2.75, 3.05) is 0 Å². The van der Waals surface area contributed by atoms with E-state index in [-0.39, 0.29) is 4.34 Å². The first-order chi connectivity index (χ1) is 4.91. The van der Waals surface area contributed by atoms with Crippen molar-refractivity contribution in [1.29, 1.82) is 0 Å². The first-order valence-electron chi connectivity index (χ1n) is 2.81. The Bertz CT molecular complexity index is 346. The molecule has 4 nitrogen and oxygen atoms in total. The van der Waals surface area contributed by atoms with Crippen molar-refractivity contribution in [3.63, 3.8) is 0 Å². The molecule has 0 bridgehead atoms. The third-order valence-electron chi connectivity index (χ3n) is 1.22. The Hall–Kier alpha value is -0.460. The van der Waals surface area contributed by atoms with Gasteiger partial charge in [-0.3, -0.25) is 0 Å². The molecule has 0 spiro atoms. The van der Waals surface area contributed by atoms with E-state index < -0.39 is 10.1 Å². The summed E-state index contributed by atoms with van der Waals surface area (Å²) in [6, 6.07) is 0. The molecular formula is C5H6NO3S2-. The molecule has 0 N–H and O–H groups in total.